The van der Waals surface area contributed by atoms with E-state index in [0.717, 1.165) is 11.1 Å². The molecule has 0 atom stereocenters. The Morgan fingerprint density at radius 2 is 1.60 bits per heavy atom. The molecule has 0 radical (unpaired) electrons. The Kier molecular flexibility index (Phi) is 7.46. The van der Waals surface area contributed by atoms with Crippen LogP contribution in [0.25, 0.3) is 0 Å². The third kappa shape index (κ3) is 6.28. The van der Waals surface area contributed by atoms with Gasteiger partial charge in [-0.2, -0.15) is 5.26 Å². The summed E-state index contributed by atoms with van der Waals surface area (Å²) in [6.07, 6.45) is 1.46. The van der Waals surface area contributed by atoms with Crippen LogP contribution >= 0.6 is 11.6 Å². The van der Waals surface area contributed by atoms with Crippen molar-refractivity contribution >= 4 is 29.0 Å². The lowest BCUT2D eigenvalue weighted by Crippen LogP contribution is -2.13. The number of nitrogens with one attached hydrogen (secondary N) is 1. The molecular formula is C27H21ClN4O3. The van der Waals surface area contributed by atoms with E-state index in [-0.39, 0.29) is 13.2 Å². The van der Waals surface area contributed by atoms with Crippen molar-refractivity contribution < 1.29 is 14.3 Å². The molecule has 8 heteroatoms. The molecule has 0 saturated carbocycles. The second-order valence-corrected chi connectivity index (χ2v) is 7.97. The summed E-state index contributed by atoms with van der Waals surface area (Å²) in [5.41, 5.74) is 8.52. The maximum Gasteiger partial charge on any atom is 0.257 e. The van der Waals surface area contributed by atoms with Gasteiger partial charge >= 0.3 is 0 Å². The molecule has 0 spiro atoms. The highest BCUT2D eigenvalue weighted by molar-refractivity contribution is 6.31. The van der Waals surface area contributed by atoms with Crippen molar-refractivity contribution in [2.45, 2.75) is 13.2 Å². The lowest BCUT2D eigenvalue weighted by molar-refractivity contribution is 0.102. The number of halogens is 1. The van der Waals surface area contributed by atoms with Gasteiger partial charge in [0, 0.05) is 27.8 Å². The molecule has 35 heavy (non-hydrogen) atoms. The Hall–Kier alpha value is -4.54. The van der Waals surface area contributed by atoms with E-state index in [1.165, 1.54) is 6.20 Å². The van der Waals surface area contributed by atoms with Gasteiger partial charge in [-0.05, 0) is 36.4 Å². The van der Waals surface area contributed by atoms with Crippen molar-refractivity contribution in [2.24, 2.45) is 0 Å². The summed E-state index contributed by atoms with van der Waals surface area (Å²) in [5.74, 6) is 0.793. The molecule has 1 amide bonds. The molecule has 174 valence electrons. The summed E-state index contributed by atoms with van der Waals surface area (Å²) in [4.78, 5) is 17.1. The van der Waals surface area contributed by atoms with E-state index in [1.807, 2.05) is 30.3 Å². The highest BCUT2D eigenvalue weighted by atomic mass is 35.5. The van der Waals surface area contributed by atoms with E-state index in [9.17, 15) is 10.1 Å². The highest BCUT2D eigenvalue weighted by Gasteiger charge is 2.13. The maximum atomic E-state index is 12.9. The van der Waals surface area contributed by atoms with Crippen LogP contribution in [-0.4, -0.2) is 10.9 Å². The molecule has 0 aliphatic carbocycles. The molecule has 4 aromatic rings. The fourth-order valence-corrected chi connectivity index (χ4v) is 3.42. The van der Waals surface area contributed by atoms with Crippen LogP contribution in [0.4, 0.5) is 11.5 Å². The van der Waals surface area contributed by atoms with Crippen LogP contribution in [0, 0.1) is 11.3 Å². The first-order valence-corrected chi connectivity index (χ1v) is 11.0. The second kappa shape index (κ2) is 11.1. The lowest BCUT2D eigenvalue weighted by Gasteiger charge is -2.13. The molecule has 0 saturated heterocycles. The zero-order valence-corrected chi connectivity index (χ0v) is 19.3. The number of hydrogen-bond donors (Lipinski definition) is 2. The van der Waals surface area contributed by atoms with Crippen molar-refractivity contribution in [2.75, 3.05) is 11.1 Å². The van der Waals surface area contributed by atoms with Crippen molar-refractivity contribution in [3.8, 4) is 17.6 Å². The third-order valence-electron chi connectivity index (χ3n) is 5.05. The SMILES string of the molecule is N#Cc1ccccc1COc1cc(OCc2ccccc2Cl)cc(C(=O)Nc2ccc(N)cn2)c1. The van der Waals surface area contributed by atoms with E-state index in [2.05, 4.69) is 16.4 Å². The number of nitrogens with zero attached hydrogens (tertiary/aromatic N) is 2. The zero-order valence-electron chi connectivity index (χ0n) is 18.6. The van der Waals surface area contributed by atoms with Crippen LogP contribution < -0.4 is 20.5 Å². The zero-order chi connectivity index (χ0) is 24.6. The van der Waals surface area contributed by atoms with Crippen LogP contribution in [0.2, 0.25) is 5.02 Å². The van der Waals surface area contributed by atoms with Gasteiger partial charge in [-0.15, -0.1) is 0 Å². The van der Waals surface area contributed by atoms with Gasteiger partial charge in [0.15, 0.2) is 0 Å². The Balaban J connectivity index is 1.58. The number of benzene rings is 3. The molecule has 0 unspecified atom stereocenters. The largest absolute Gasteiger partial charge is 0.489 e. The predicted molar refractivity (Wildman–Crippen MR) is 134 cm³/mol. The number of nitriles is 1. The van der Waals surface area contributed by atoms with Gasteiger partial charge in [0.1, 0.15) is 30.5 Å². The topological polar surface area (TPSA) is 110 Å². The summed E-state index contributed by atoms with van der Waals surface area (Å²) < 4.78 is 11.9. The molecular weight excluding hydrogens is 464 g/mol. The Labute approximate surface area is 207 Å². The normalized spacial score (nSPS) is 10.3. The number of amides is 1. The quantitative estimate of drug-likeness (QED) is 0.337. The fraction of sp³-hybridized carbons (Fsp3) is 0.0741. The Morgan fingerprint density at radius 3 is 2.26 bits per heavy atom. The monoisotopic (exact) mass is 484 g/mol. The van der Waals surface area contributed by atoms with Crippen LogP contribution in [-0.2, 0) is 13.2 Å². The number of hydrogen-bond acceptors (Lipinski definition) is 6. The van der Waals surface area contributed by atoms with E-state index in [1.54, 1.807) is 48.5 Å². The van der Waals surface area contributed by atoms with Crippen LogP contribution in [0.5, 0.6) is 11.5 Å². The van der Waals surface area contributed by atoms with E-state index >= 15 is 0 Å². The second-order valence-electron chi connectivity index (χ2n) is 7.56. The predicted octanol–water partition coefficient (Wildman–Crippen LogP) is 5.60. The Bertz CT molecular complexity index is 1380. The molecule has 0 aliphatic heterocycles. The minimum Gasteiger partial charge on any atom is -0.489 e. The van der Waals surface area contributed by atoms with Gasteiger partial charge in [0.05, 0.1) is 23.5 Å². The fourth-order valence-electron chi connectivity index (χ4n) is 3.23. The smallest absolute Gasteiger partial charge is 0.257 e. The molecule has 7 nitrogen and oxygen atoms in total. The highest BCUT2D eigenvalue weighted by Crippen LogP contribution is 2.27. The number of pyridine rings is 1. The minimum atomic E-state index is -0.396. The first-order valence-electron chi connectivity index (χ1n) is 10.7. The van der Waals surface area contributed by atoms with Crippen molar-refractivity contribution in [3.63, 3.8) is 0 Å². The van der Waals surface area contributed by atoms with Gasteiger partial charge in [0.25, 0.3) is 5.91 Å². The number of carbonyl (C=O) groups is 1. The van der Waals surface area contributed by atoms with Crippen molar-refractivity contribution in [1.82, 2.24) is 4.98 Å². The van der Waals surface area contributed by atoms with Gasteiger partial charge in [-0.3, -0.25) is 4.79 Å². The summed E-state index contributed by atoms with van der Waals surface area (Å²) in [5, 5.41) is 12.6. The summed E-state index contributed by atoms with van der Waals surface area (Å²) in [7, 11) is 0. The number of aromatic nitrogens is 1. The van der Waals surface area contributed by atoms with Crippen molar-refractivity contribution in [3.05, 3.63) is 112 Å². The molecule has 0 aliphatic rings. The third-order valence-corrected chi connectivity index (χ3v) is 5.42. The molecule has 1 heterocycles. The molecule has 4 rings (SSSR count). The molecule has 0 fully saturated rings. The number of rotatable bonds is 8. The average Bonchev–Trinajstić information content (AvgIpc) is 2.88. The Morgan fingerprint density at radius 1 is 0.943 bits per heavy atom. The van der Waals surface area contributed by atoms with Gasteiger partial charge < -0.3 is 20.5 Å². The first-order chi connectivity index (χ1) is 17.0. The summed E-state index contributed by atoms with van der Waals surface area (Å²) >= 11 is 6.24. The number of anilines is 2. The van der Waals surface area contributed by atoms with Gasteiger partial charge in [0.2, 0.25) is 0 Å². The van der Waals surface area contributed by atoms with Gasteiger partial charge in [-0.25, -0.2) is 4.98 Å². The van der Waals surface area contributed by atoms with Crippen LogP contribution in [0.3, 0.4) is 0 Å². The lowest BCUT2D eigenvalue weighted by atomic mass is 10.1. The minimum absolute atomic E-state index is 0.151. The first kappa shape index (κ1) is 23.6. The standard InChI is InChI=1S/C27H21ClN4O3/c28-25-8-4-3-7-20(25)17-35-24-12-21(27(33)32-26-10-9-22(30)15-31-26)11-23(13-24)34-16-19-6-2-1-5-18(19)14-29/h1-13,15H,16-17,30H2,(H,31,32,33). The summed E-state index contributed by atoms with van der Waals surface area (Å²) in [6.45, 7) is 0.360. The van der Waals surface area contributed by atoms with E-state index < -0.39 is 5.91 Å². The van der Waals surface area contributed by atoms with Crippen LogP contribution in [0.1, 0.15) is 27.0 Å². The van der Waals surface area contributed by atoms with Crippen LogP contribution in [0.15, 0.2) is 85.1 Å². The van der Waals surface area contributed by atoms with Crippen molar-refractivity contribution in [1.29, 1.82) is 5.26 Å². The molecule has 1 aromatic heterocycles. The molecule has 3 N–H and O–H groups in total. The maximum absolute atomic E-state index is 12.9. The average molecular weight is 485 g/mol. The van der Waals surface area contributed by atoms with E-state index in [0.29, 0.717) is 39.2 Å². The van der Waals surface area contributed by atoms with E-state index in [4.69, 9.17) is 26.8 Å². The number of carbonyl (C=O) groups excluding carboxylic acids is 1. The summed E-state index contributed by atoms with van der Waals surface area (Å²) in [6, 6.07) is 24.8. The molecule has 3 aromatic carbocycles. The number of nitrogen functional groups attached to an aromatic ring is 1. The number of ether oxygens (including phenoxy) is 2. The molecule has 0 bridgehead atoms. The van der Waals surface area contributed by atoms with Gasteiger partial charge in [-0.1, -0.05) is 48.0 Å². The number of nitrogens with two attached hydrogens (primary N) is 1.